The van der Waals surface area contributed by atoms with Gasteiger partial charge in [-0.3, -0.25) is 51.5 Å². The van der Waals surface area contributed by atoms with Crippen LogP contribution in [0.25, 0.3) is 22.3 Å². The zero-order valence-corrected chi connectivity index (χ0v) is 41.6. The Balaban J connectivity index is 0.957. The SMILES string of the molecule is COC[C@H]1[C@@H](O)[C@H]([n+]2cn(C)c3c(=O)[nH]c(N)nc32)O[C@@H]1COP(=O)(O)CP(=O)(O)OP(=O)(O)OC[C@H]1O[C@@H](n2cnc3c(N)ncnc32)[C@H](OC)[C@@H]1P(=O)(O)OC[C@H]1O[C@@H](n2ccc(=O)[nH]c2=O)[C@H](O)[C@@H]1O. The third kappa shape index (κ3) is 11.2. The van der Waals surface area contributed by atoms with Gasteiger partial charge >= 0.3 is 41.9 Å². The summed E-state index contributed by atoms with van der Waals surface area (Å²) in [4.78, 5) is 101. The van der Waals surface area contributed by atoms with Gasteiger partial charge in [-0.15, -0.1) is 0 Å². The molecule has 35 nitrogen and oxygen atoms in total. The van der Waals surface area contributed by atoms with Crippen molar-refractivity contribution in [1.29, 1.82) is 0 Å². The number of imidazole rings is 2. The Morgan fingerprint density at radius 1 is 0.808 bits per heavy atom. The second-order valence-corrected chi connectivity index (χ2v) is 24.5. The van der Waals surface area contributed by atoms with Gasteiger partial charge in [0.05, 0.1) is 45.9 Å². The molecule has 8 rings (SSSR count). The standard InChI is InChI=1S/C34H48N12O23P4/c1-43-12-46(28-20(43)29(51)42-33(36)41-28)30-21(48)14(6-61-2)15(66-30)7-63-70(53,54)13-71(55,56)69-73(59,60)65-9-17-25(24(62-3)32(68-17)45-11-39-19-26(35)37-10-38-27(19)45)72(57,58)64-8-16-22(49)23(50)31(67-16)44-5-4-18(47)40-34(44)52/h4-5,10-12,14-17,21-25,30-32,48-50H,6-9,13H2,1-3H3,(H9-,35,36,37,38,40,41,42,47,51,52,53,54,55,56,57,58,59,60)/p+1/t14-,15-,16-,17-,21-,22-,23-,24-,25-,30-,31-,32-/m1/s1. The van der Waals surface area contributed by atoms with Crippen LogP contribution >= 0.6 is 30.6 Å². The van der Waals surface area contributed by atoms with Crippen molar-refractivity contribution in [3.05, 3.63) is 62.4 Å². The van der Waals surface area contributed by atoms with Gasteiger partial charge in [-0.2, -0.15) is 0 Å². The molecule has 73 heavy (non-hydrogen) atoms. The molecule has 16 atom stereocenters. The normalized spacial score (nSPS) is 30.9. The van der Waals surface area contributed by atoms with E-state index in [4.69, 9.17) is 48.7 Å². The molecule has 0 spiro atoms. The van der Waals surface area contributed by atoms with Crippen LogP contribution in [-0.2, 0) is 66.9 Å². The smallest absolute Gasteiger partial charge is 0.387 e. The molecule has 3 aliphatic rings. The molecule has 0 saturated carbocycles. The summed E-state index contributed by atoms with van der Waals surface area (Å²) < 4.78 is 107. The Morgan fingerprint density at radius 3 is 2.21 bits per heavy atom. The number of nitrogens with zero attached hydrogens (tertiary/aromatic N) is 8. The highest BCUT2D eigenvalue weighted by Crippen LogP contribution is 2.67. The van der Waals surface area contributed by atoms with Gasteiger partial charge in [-0.25, -0.2) is 33.2 Å². The highest BCUT2D eigenvalue weighted by Gasteiger charge is 2.58. The minimum Gasteiger partial charge on any atom is -0.387 e. The van der Waals surface area contributed by atoms with Gasteiger partial charge in [0, 0.05) is 32.4 Å². The fourth-order valence-electron chi connectivity index (χ4n) is 8.65. The number of phosphoric ester groups is 1. The average Bonchev–Trinajstić information content (AvgIpc) is 4.10. The minimum atomic E-state index is -5.85. The lowest BCUT2D eigenvalue weighted by molar-refractivity contribution is -0.745. The van der Waals surface area contributed by atoms with Crippen molar-refractivity contribution in [3.8, 4) is 0 Å². The number of nitrogens with one attached hydrogen (secondary N) is 2. The van der Waals surface area contributed by atoms with Crippen LogP contribution in [0.5, 0.6) is 0 Å². The number of aromatic nitrogens is 10. The van der Waals surface area contributed by atoms with E-state index in [-0.39, 0.29) is 40.7 Å². The number of nitrogens with two attached hydrogens (primary N) is 2. The maximum atomic E-state index is 14.3. The lowest BCUT2D eigenvalue weighted by atomic mass is 9.99. The van der Waals surface area contributed by atoms with Crippen molar-refractivity contribution in [2.75, 3.05) is 58.0 Å². The number of aliphatic hydroxyl groups is 3. The number of fused-ring (bicyclic) bond motifs is 2. The van der Waals surface area contributed by atoms with Crippen molar-refractivity contribution in [2.24, 2.45) is 13.0 Å². The Bertz CT molecular complexity index is 3240. The number of hydrogen-bond acceptors (Lipinski definition) is 25. The number of anilines is 2. The number of aromatic amines is 2. The number of methoxy groups -OCH3 is 2. The Labute approximate surface area is 407 Å². The largest absolute Gasteiger partial charge is 0.479 e. The second-order valence-electron chi connectivity index (χ2n) is 16.8. The van der Waals surface area contributed by atoms with Crippen molar-refractivity contribution in [2.45, 2.75) is 67.1 Å². The molecule has 4 unspecified atom stereocenters. The average molecular weight is 1120 g/mol. The molecule has 13 N–H and O–H groups in total. The van der Waals surface area contributed by atoms with Crippen LogP contribution in [0.1, 0.15) is 18.7 Å². The molecule has 3 saturated heterocycles. The van der Waals surface area contributed by atoms with Crippen LogP contribution in [0.4, 0.5) is 11.8 Å². The van der Waals surface area contributed by atoms with Crippen LogP contribution in [0.15, 0.2) is 45.6 Å². The maximum absolute atomic E-state index is 14.3. The number of aliphatic hydroxyl groups excluding tert-OH is 3. The first kappa shape index (κ1) is 54.7. The summed E-state index contributed by atoms with van der Waals surface area (Å²) in [5.41, 5.74) is 7.44. The molecular formula is C34H49N12O23P4+. The lowest BCUT2D eigenvalue weighted by Gasteiger charge is -2.28. The Kier molecular flexibility index (Phi) is 15.6. The molecule has 0 aliphatic carbocycles. The highest BCUT2D eigenvalue weighted by molar-refractivity contribution is 7.74. The number of H-pyrrole nitrogens is 2. The predicted molar refractivity (Wildman–Crippen MR) is 240 cm³/mol. The van der Waals surface area contributed by atoms with E-state index in [1.807, 2.05) is 4.98 Å². The van der Waals surface area contributed by atoms with Gasteiger partial charge in [0.1, 0.15) is 54.1 Å². The van der Waals surface area contributed by atoms with Crippen LogP contribution in [-0.4, -0.2) is 173 Å². The van der Waals surface area contributed by atoms with Gasteiger partial charge in [-0.1, -0.05) is 4.98 Å². The molecule has 0 aromatic carbocycles. The van der Waals surface area contributed by atoms with Crippen LogP contribution in [0.2, 0.25) is 0 Å². The third-order valence-corrected chi connectivity index (χ3v) is 19.5. The molecule has 0 amide bonds. The van der Waals surface area contributed by atoms with Crippen LogP contribution in [0, 0.1) is 5.92 Å². The first-order chi connectivity index (χ1) is 34.2. The molecular weight excluding hydrogens is 1070 g/mol. The first-order valence-corrected chi connectivity index (χ1v) is 27.9. The summed E-state index contributed by atoms with van der Waals surface area (Å²) in [5.74, 6) is -3.14. The van der Waals surface area contributed by atoms with Crippen LogP contribution in [0.3, 0.4) is 0 Å². The van der Waals surface area contributed by atoms with Gasteiger partial charge in [0.15, 0.2) is 36.2 Å². The van der Waals surface area contributed by atoms with E-state index in [2.05, 4.69) is 29.2 Å². The number of phosphoric acid groups is 1. The summed E-state index contributed by atoms with van der Waals surface area (Å²) in [6, 6.07) is 0.934. The molecule has 402 valence electrons. The second kappa shape index (κ2) is 20.9. The van der Waals surface area contributed by atoms with Gasteiger partial charge in [-0.05, 0) is 0 Å². The summed E-state index contributed by atoms with van der Waals surface area (Å²) >= 11 is 0. The molecule has 5 aromatic heterocycles. The summed E-state index contributed by atoms with van der Waals surface area (Å²) in [6.45, 7) is -3.27. The fourth-order valence-corrected chi connectivity index (χ4v) is 15.4. The highest BCUT2D eigenvalue weighted by atomic mass is 31.3. The van der Waals surface area contributed by atoms with Crippen LogP contribution < -0.4 is 32.8 Å². The molecule has 39 heteroatoms. The van der Waals surface area contributed by atoms with E-state index >= 15 is 0 Å². The number of aryl methyl sites for hydroxylation is 1. The predicted octanol–water partition coefficient (Wildman–Crippen LogP) is -3.79. The van der Waals surface area contributed by atoms with E-state index in [1.165, 1.54) is 34.2 Å². The third-order valence-electron chi connectivity index (χ3n) is 11.9. The van der Waals surface area contributed by atoms with E-state index < -0.39 is 146 Å². The van der Waals surface area contributed by atoms with Gasteiger partial charge < -0.3 is 79.1 Å². The number of rotatable bonds is 20. The fraction of sp³-hybridized carbons (Fsp3) is 0.588. The maximum Gasteiger partial charge on any atom is 0.479 e. The van der Waals surface area contributed by atoms with Gasteiger partial charge in [0.2, 0.25) is 11.7 Å². The van der Waals surface area contributed by atoms with Crippen molar-refractivity contribution in [1.82, 2.24) is 43.6 Å². The lowest BCUT2D eigenvalue weighted by Crippen LogP contribution is -2.45. The summed E-state index contributed by atoms with van der Waals surface area (Å²) in [5, 5.41) is 32.8. The summed E-state index contributed by atoms with van der Waals surface area (Å²) in [7, 11) is -18.2. The first-order valence-electron chi connectivity index (χ1n) is 21.2. The zero-order chi connectivity index (χ0) is 53.1. The Hall–Kier alpha value is -4.54. The van der Waals surface area contributed by atoms with Crippen molar-refractivity contribution >= 4 is 64.7 Å². The summed E-state index contributed by atoms with van der Waals surface area (Å²) in [6.07, 6.45) is -11.3. The molecule has 3 aliphatic heterocycles. The van der Waals surface area contributed by atoms with Crippen molar-refractivity contribution < 1.29 is 99.3 Å². The molecule has 0 radical (unpaired) electrons. The molecule has 0 bridgehead atoms. The quantitative estimate of drug-likeness (QED) is 0.0263. The van der Waals surface area contributed by atoms with E-state index in [0.717, 1.165) is 36.6 Å². The van der Waals surface area contributed by atoms with E-state index in [0.29, 0.717) is 0 Å². The van der Waals surface area contributed by atoms with E-state index in [9.17, 15) is 67.5 Å². The number of hydrogen-bond donors (Lipinski definition) is 11. The number of nitrogen functional groups attached to an aromatic ring is 2. The zero-order valence-electron chi connectivity index (χ0n) is 38.0. The van der Waals surface area contributed by atoms with Crippen molar-refractivity contribution in [3.63, 3.8) is 0 Å². The number of ether oxygens (including phenoxy) is 5. The monoisotopic (exact) mass is 1120 g/mol. The van der Waals surface area contributed by atoms with E-state index in [1.54, 1.807) is 0 Å². The van der Waals surface area contributed by atoms with Gasteiger partial charge in [0.25, 0.3) is 17.1 Å². The molecule has 3 fully saturated rings. The topological polar surface area (TPSA) is 498 Å². The Morgan fingerprint density at radius 2 is 1.51 bits per heavy atom. The molecule has 8 heterocycles. The molecule has 5 aromatic rings. The minimum absolute atomic E-state index is 0.00329.